The van der Waals surface area contributed by atoms with Crippen molar-refractivity contribution >= 4 is 11.6 Å². The number of hydrogen-bond acceptors (Lipinski definition) is 5. The second-order valence-electron chi connectivity index (χ2n) is 8.19. The zero-order valence-corrected chi connectivity index (χ0v) is 19.1. The molecular weight excluding hydrogens is 404 g/mol. The van der Waals surface area contributed by atoms with Gasteiger partial charge in [-0.1, -0.05) is 6.07 Å². The third-order valence-electron chi connectivity index (χ3n) is 5.81. The number of nitrogens with one attached hydrogen (secondary N) is 1. The number of rotatable bonds is 6. The van der Waals surface area contributed by atoms with Crippen LogP contribution in [0.1, 0.15) is 34.6 Å². The maximum absolute atomic E-state index is 13.3. The topological polar surface area (TPSA) is 68.6 Å². The van der Waals surface area contributed by atoms with Crippen LogP contribution in [0.5, 0.6) is 11.5 Å². The van der Waals surface area contributed by atoms with Gasteiger partial charge in [0, 0.05) is 42.1 Å². The molecule has 4 rings (SSSR count). The van der Waals surface area contributed by atoms with Crippen molar-refractivity contribution in [2.45, 2.75) is 32.7 Å². The van der Waals surface area contributed by atoms with Gasteiger partial charge in [0.25, 0.3) is 5.91 Å². The fourth-order valence-electron chi connectivity index (χ4n) is 4.28. The molecule has 168 valence electrons. The molecule has 1 amide bonds. The highest BCUT2D eigenvalue weighted by Crippen LogP contribution is 2.30. The Morgan fingerprint density at radius 1 is 1.06 bits per heavy atom. The van der Waals surface area contributed by atoms with Crippen LogP contribution >= 0.6 is 0 Å². The van der Waals surface area contributed by atoms with Crippen molar-refractivity contribution in [1.29, 1.82) is 0 Å². The number of nitrogens with zero attached hydrogens (tertiary/aromatic N) is 3. The third-order valence-corrected chi connectivity index (χ3v) is 5.81. The number of carbonyl (C=O) groups is 1. The molecule has 3 aromatic rings. The summed E-state index contributed by atoms with van der Waals surface area (Å²) in [5, 5.41) is 8.09. The van der Waals surface area contributed by atoms with E-state index in [0.717, 1.165) is 42.1 Å². The second kappa shape index (κ2) is 9.34. The number of amides is 1. The quantitative estimate of drug-likeness (QED) is 0.629. The number of aromatic nitrogens is 2. The highest BCUT2D eigenvalue weighted by Gasteiger charge is 2.25. The van der Waals surface area contributed by atoms with Gasteiger partial charge in [-0.15, -0.1) is 0 Å². The third kappa shape index (κ3) is 4.56. The number of piperidine rings is 1. The van der Waals surface area contributed by atoms with E-state index in [1.54, 1.807) is 14.2 Å². The molecule has 7 heteroatoms. The molecule has 1 aliphatic heterocycles. The lowest BCUT2D eigenvalue weighted by Crippen LogP contribution is -2.45. The van der Waals surface area contributed by atoms with E-state index in [9.17, 15) is 4.79 Å². The van der Waals surface area contributed by atoms with Crippen molar-refractivity contribution in [3.8, 4) is 17.2 Å². The van der Waals surface area contributed by atoms with Crippen LogP contribution in [-0.2, 0) is 0 Å². The van der Waals surface area contributed by atoms with E-state index in [1.165, 1.54) is 0 Å². The van der Waals surface area contributed by atoms with Gasteiger partial charge >= 0.3 is 0 Å². The lowest BCUT2D eigenvalue weighted by atomic mass is 10.0. The summed E-state index contributed by atoms with van der Waals surface area (Å²) in [4.78, 5) is 15.2. The maximum Gasteiger partial charge on any atom is 0.254 e. The van der Waals surface area contributed by atoms with E-state index >= 15 is 0 Å². The number of benzene rings is 2. The van der Waals surface area contributed by atoms with Gasteiger partial charge in [-0.2, -0.15) is 5.10 Å². The molecule has 1 aromatic heterocycles. The van der Waals surface area contributed by atoms with Crippen molar-refractivity contribution in [3.05, 3.63) is 65.5 Å². The zero-order chi connectivity index (χ0) is 22.7. The van der Waals surface area contributed by atoms with Crippen LogP contribution in [0.3, 0.4) is 0 Å². The minimum Gasteiger partial charge on any atom is -0.493 e. The van der Waals surface area contributed by atoms with Crippen molar-refractivity contribution in [2.75, 3.05) is 32.6 Å². The highest BCUT2D eigenvalue weighted by atomic mass is 16.5. The molecular formula is C25H30N4O3. The number of aryl methyl sites for hydroxylation is 2. The van der Waals surface area contributed by atoms with Crippen molar-refractivity contribution < 1.29 is 14.3 Å². The fourth-order valence-corrected chi connectivity index (χ4v) is 4.28. The Bertz CT molecular complexity index is 1110. The van der Waals surface area contributed by atoms with Crippen LogP contribution in [0.15, 0.2) is 48.5 Å². The van der Waals surface area contributed by atoms with Gasteiger partial charge < -0.3 is 19.7 Å². The summed E-state index contributed by atoms with van der Waals surface area (Å²) in [6.45, 7) is 5.39. The Morgan fingerprint density at radius 2 is 1.88 bits per heavy atom. The molecule has 2 aromatic carbocycles. The molecule has 1 saturated heterocycles. The summed E-state index contributed by atoms with van der Waals surface area (Å²) in [5.41, 5.74) is 4.54. The number of ether oxygens (including phenoxy) is 2. The lowest BCUT2D eigenvalue weighted by molar-refractivity contribution is 0.0715. The molecule has 1 unspecified atom stereocenters. The first kappa shape index (κ1) is 21.7. The first-order valence-corrected chi connectivity index (χ1v) is 10.9. The Hall–Kier alpha value is -3.48. The fraction of sp³-hybridized carbons (Fsp3) is 0.360. The molecule has 1 fully saturated rings. The first-order valence-electron chi connectivity index (χ1n) is 10.9. The maximum atomic E-state index is 13.3. The molecule has 0 spiro atoms. The number of carbonyl (C=O) groups excluding carboxylic acids is 1. The number of hydrogen-bond donors (Lipinski definition) is 1. The number of methoxy groups -OCH3 is 2. The molecule has 1 atom stereocenters. The highest BCUT2D eigenvalue weighted by molar-refractivity contribution is 5.95. The van der Waals surface area contributed by atoms with Gasteiger partial charge in [-0.05, 0) is 63.1 Å². The molecule has 1 N–H and O–H groups in total. The summed E-state index contributed by atoms with van der Waals surface area (Å²) >= 11 is 0. The SMILES string of the molecule is COc1ccc(NC2CCCN(C(=O)c3cccc(-n4nc(C)cc4C)c3)C2)cc1OC. The lowest BCUT2D eigenvalue weighted by Gasteiger charge is -2.34. The molecule has 1 aliphatic rings. The van der Waals surface area contributed by atoms with Crippen molar-refractivity contribution in [3.63, 3.8) is 0 Å². The van der Waals surface area contributed by atoms with Gasteiger partial charge in [0.2, 0.25) is 0 Å². The normalized spacial score (nSPS) is 16.0. The van der Waals surface area contributed by atoms with Crippen molar-refractivity contribution in [2.24, 2.45) is 0 Å². The summed E-state index contributed by atoms with van der Waals surface area (Å²) in [7, 11) is 3.25. The molecule has 0 aliphatic carbocycles. The molecule has 0 radical (unpaired) electrons. The summed E-state index contributed by atoms with van der Waals surface area (Å²) in [6.07, 6.45) is 1.96. The average Bonchev–Trinajstić information content (AvgIpc) is 3.16. The first-order chi connectivity index (χ1) is 15.5. The van der Waals surface area contributed by atoms with E-state index < -0.39 is 0 Å². The molecule has 2 heterocycles. The van der Waals surface area contributed by atoms with E-state index in [-0.39, 0.29) is 11.9 Å². The van der Waals surface area contributed by atoms with E-state index in [1.807, 2.05) is 72.0 Å². The Kier molecular flexibility index (Phi) is 6.35. The van der Waals surface area contributed by atoms with Gasteiger partial charge in [0.15, 0.2) is 11.5 Å². The van der Waals surface area contributed by atoms with Crippen LogP contribution in [0, 0.1) is 13.8 Å². The molecule has 0 bridgehead atoms. The van der Waals surface area contributed by atoms with Gasteiger partial charge in [0.05, 0.1) is 25.6 Å². The minimum atomic E-state index is 0.0483. The van der Waals surface area contributed by atoms with Gasteiger partial charge in [-0.3, -0.25) is 4.79 Å². The predicted molar refractivity (Wildman–Crippen MR) is 125 cm³/mol. The zero-order valence-electron chi connectivity index (χ0n) is 19.1. The van der Waals surface area contributed by atoms with Crippen LogP contribution in [-0.4, -0.2) is 53.9 Å². The summed E-state index contributed by atoms with van der Waals surface area (Å²) < 4.78 is 12.6. The van der Waals surface area contributed by atoms with E-state index in [2.05, 4.69) is 10.4 Å². The second-order valence-corrected chi connectivity index (χ2v) is 8.19. The molecule has 7 nitrogen and oxygen atoms in total. The Labute approximate surface area is 188 Å². The predicted octanol–water partition coefficient (Wildman–Crippen LogP) is 4.22. The Morgan fingerprint density at radius 3 is 2.59 bits per heavy atom. The number of anilines is 1. The van der Waals surface area contributed by atoms with Crippen LogP contribution in [0.4, 0.5) is 5.69 Å². The largest absolute Gasteiger partial charge is 0.493 e. The summed E-state index contributed by atoms with van der Waals surface area (Å²) in [6, 6.07) is 15.7. The van der Waals surface area contributed by atoms with Crippen LogP contribution in [0.25, 0.3) is 5.69 Å². The van der Waals surface area contributed by atoms with Gasteiger partial charge in [-0.25, -0.2) is 4.68 Å². The van der Waals surface area contributed by atoms with E-state index in [0.29, 0.717) is 23.6 Å². The molecule has 32 heavy (non-hydrogen) atoms. The standard InChI is InChI=1S/C25H30N4O3/c1-17-13-18(2)29(27-17)22-9-5-7-19(14-22)25(30)28-12-6-8-21(16-28)26-20-10-11-23(31-3)24(15-20)32-4/h5,7,9-11,13-15,21,26H,6,8,12,16H2,1-4H3. The monoisotopic (exact) mass is 434 g/mol. The average molecular weight is 435 g/mol. The van der Waals surface area contributed by atoms with Gasteiger partial charge in [0.1, 0.15) is 0 Å². The smallest absolute Gasteiger partial charge is 0.254 e. The molecule has 0 saturated carbocycles. The number of likely N-dealkylation sites (tertiary alicyclic amines) is 1. The summed E-state index contributed by atoms with van der Waals surface area (Å²) in [5.74, 6) is 1.43. The van der Waals surface area contributed by atoms with E-state index in [4.69, 9.17) is 9.47 Å². The van der Waals surface area contributed by atoms with Crippen molar-refractivity contribution in [1.82, 2.24) is 14.7 Å². The Balaban J connectivity index is 1.47. The minimum absolute atomic E-state index is 0.0483. The van der Waals surface area contributed by atoms with Crippen LogP contribution in [0.2, 0.25) is 0 Å². The van der Waals surface area contributed by atoms with Crippen LogP contribution < -0.4 is 14.8 Å².